The number of aliphatic hydroxyl groups excluding tert-OH is 1. The van der Waals surface area contributed by atoms with Crippen LogP contribution in [0.4, 0.5) is 0 Å². The molecule has 332 valence electrons. The minimum absolute atomic E-state index is 0.139. The Bertz CT molecular complexity index is 2600. The van der Waals surface area contributed by atoms with E-state index in [1.807, 2.05) is 38.1 Å². The van der Waals surface area contributed by atoms with E-state index >= 15 is 0 Å². The molecule has 4 heterocycles. The van der Waals surface area contributed by atoms with Crippen LogP contribution in [-0.2, 0) is 33.2 Å². The smallest absolute Gasteiger partial charge is 0.347 e. The lowest BCUT2D eigenvalue weighted by Gasteiger charge is -2.39. The van der Waals surface area contributed by atoms with Crippen LogP contribution in [0.2, 0.25) is 0 Å². The number of carbonyl (C=O) groups excluding carboxylic acids is 2. The van der Waals surface area contributed by atoms with Crippen LogP contribution < -0.4 is 30.3 Å². The van der Waals surface area contributed by atoms with E-state index < -0.39 is 36.7 Å². The van der Waals surface area contributed by atoms with Crippen LogP contribution in [-0.4, -0.2) is 105 Å². The maximum absolute atomic E-state index is 13.4. The lowest BCUT2D eigenvalue weighted by atomic mass is 9.74. The average molecular weight is 865 g/mol. The molecule has 63 heavy (non-hydrogen) atoms. The number of nitrogens with zero attached hydrogens (tertiary/aromatic N) is 6. The van der Waals surface area contributed by atoms with Gasteiger partial charge in [-0.3, -0.25) is 14.8 Å². The van der Waals surface area contributed by atoms with Crippen LogP contribution in [0.25, 0.3) is 0 Å². The van der Waals surface area contributed by atoms with Crippen molar-refractivity contribution in [2.45, 2.75) is 101 Å². The van der Waals surface area contributed by atoms with E-state index in [-0.39, 0.29) is 35.3 Å². The molecule has 0 amide bonds. The van der Waals surface area contributed by atoms with Gasteiger partial charge in [0, 0.05) is 73.0 Å². The quantitative estimate of drug-likeness (QED) is 0.190. The van der Waals surface area contributed by atoms with Gasteiger partial charge in [-0.25, -0.2) is 24.4 Å². The number of aliphatic hydroxyl groups is 1. The van der Waals surface area contributed by atoms with Gasteiger partial charge in [0.25, 0.3) is 0 Å². The number of carbonyl (C=O) groups is 2. The number of rotatable bonds is 13. The molecule has 0 spiro atoms. The average Bonchev–Trinajstić information content (AvgIpc) is 3.27. The Hall–Kier alpha value is -6.36. The SMILES string of the molecule is CCOc1cc2c(cc1OC)C(c1cnc(=O)n(C)c1)=N[C@H]1CC[C@H](OC(=O)CC(O)C(=O)O[C@H]3CC[C@@H]4N=C(c5cnc(=O)n(C)c5)c5cc(OC)c(OCC)cc5[C@@H]4C3)C[C@@H]21. The van der Waals surface area contributed by atoms with E-state index in [0.717, 1.165) is 22.3 Å². The minimum atomic E-state index is -1.72. The normalized spacial score (nSPS) is 22.7. The van der Waals surface area contributed by atoms with Gasteiger partial charge in [-0.05, 0) is 87.8 Å². The summed E-state index contributed by atoms with van der Waals surface area (Å²) < 4.78 is 37.9. The topological polar surface area (TPSA) is 204 Å². The molecule has 2 aliphatic carbocycles. The maximum atomic E-state index is 13.4. The summed E-state index contributed by atoms with van der Waals surface area (Å²) in [6, 6.07) is 7.34. The van der Waals surface area contributed by atoms with Crippen LogP contribution in [0.5, 0.6) is 23.0 Å². The maximum Gasteiger partial charge on any atom is 0.347 e. The molecule has 0 bridgehead atoms. The van der Waals surface area contributed by atoms with Crippen molar-refractivity contribution in [3.63, 3.8) is 0 Å². The largest absolute Gasteiger partial charge is 0.493 e. The van der Waals surface area contributed by atoms with Crippen molar-refractivity contribution in [2.75, 3.05) is 27.4 Å². The number of ether oxygens (including phenoxy) is 6. The summed E-state index contributed by atoms with van der Waals surface area (Å²) in [5, 5.41) is 11.0. The molecule has 17 heteroatoms. The van der Waals surface area contributed by atoms with Crippen molar-refractivity contribution in [1.82, 2.24) is 19.1 Å². The third-order valence-electron chi connectivity index (χ3n) is 12.4. The van der Waals surface area contributed by atoms with Gasteiger partial charge < -0.3 is 42.7 Å². The summed E-state index contributed by atoms with van der Waals surface area (Å²) in [6.45, 7) is 4.63. The predicted molar refractivity (Wildman–Crippen MR) is 230 cm³/mol. The summed E-state index contributed by atoms with van der Waals surface area (Å²) in [5.74, 6) is 0.303. The lowest BCUT2D eigenvalue weighted by molar-refractivity contribution is -0.167. The Balaban J connectivity index is 0.941. The van der Waals surface area contributed by atoms with E-state index in [2.05, 4.69) is 9.97 Å². The Kier molecular flexibility index (Phi) is 12.5. The second-order valence-electron chi connectivity index (χ2n) is 16.3. The van der Waals surface area contributed by atoms with E-state index in [0.29, 0.717) is 97.3 Å². The van der Waals surface area contributed by atoms with Crippen LogP contribution in [0.15, 0.2) is 68.6 Å². The summed E-state index contributed by atoms with van der Waals surface area (Å²) in [5.41, 5.74) is 5.43. The molecule has 17 nitrogen and oxygen atoms in total. The molecular weight excluding hydrogens is 813 g/mol. The van der Waals surface area contributed by atoms with E-state index in [4.69, 9.17) is 38.4 Å². The monoisotopic (exact) mass is 864 g/mol. The third-order valence-corrected chi connectivity index (χ3v) is 12.4. The molecule has 2 fully saturated rings. The molecule has 2 aliphatic heterocycles. The molecule has 2 aromatic carbocycles. The Morgan fingerprint density at radius 3 is 1.59 bits per heavy atom. The zero-order chi connectivity index (χ0) is 44.5. The van der Waals surface area contributed by atoms with Gasteiger partial charge in [-0.1, -0.05) is 0 Å². The van der Waals surface area contributed by atoms with Gasteiger partial charge in [0.05, 0.1) is 57.4 Å². The van der Waals surface area contributed by atoms with Crippen LogP contribution in [0.3, 0.4) is 0 Å². The summed E-state index contributed by atoms with van der Waals surface area (Å²) in [4.78, 5) is 69.3. The molecule has 7 atom stereocenters. The molecule has 2 aromatic heterocycles. The number of benzene rings is 2. The first kappa shape index (κ1) is 43.3. The fraction of sp³-hybridized carbons (Fsp3) is 0.478. The summed E-state index contributed by atoms with van der Waals surface area (Å²) in [7, 11) is 6.41. The standard InChI is InChI=1S/C46H52N6O11/c1-7-60-39-15-28-30-13-26(9-11-34(30)49-42(32(28)17-37(39)58-5)24-20-47-45(56)51(3)22-24)62-41(54)19-36(53)44(55)63-27-10-12-35-31(14-27)29-16-40(61-8-2)38(59-6)18-33(29)43(50-35)25-21-48-46(57)52(4)23-25/h15-18,20-23,26-27,30-31,34-36,53H,7-14,19H2,1-6H3/t26-,27-,30-,31-,34-,35-,36?/m0/s1. The highest BCUT2D eigenvalue weighted by molar-refractivity contribution is 6.15. The second-order valence-corrected chi connectivity index (χ2v) is 16.3. The van der Waals surface area contributed by atoms with Gasteiger partial charge in [0.2, 0.25) is 0 Å². The van der Waals surface area contributed by atoms with Crippen molar-refractivity contribution in [3.8, 4) is 23.0 Å². The predicted octanol–water partition coefficient (Wildman–Crippen LogP) is 3.94. The van der Waals surface area contributed by atoms with Gasteiger partial charge in [0.15, 0.2) is 29.1 Å². The molecular formula is C46H52N6O11. The van der Waals surface area contributed by atoms with Crippen molar-refractivity contribution in [2.24, 2.45) is 24.1 Å². The van der Waals surface area contributed by atoms with Crippen LogP contribution in [0.1, 0.15) is 104 Å². The van der Waals surface area contributed by atoms with Crippen molar-refractivity contribution in [3.05, 3.63) is 103 Å². The fourth-order valence-corrected chi connectivity index (χ4v) is 9.37. The highest BCUT2D eigenvalue weighted by atomic mass is 16.6. The Morgan fingerprint density at radius 1 is 0.698 bits per heavy atom. The van der Waals surface area contributed by atoms with Gasteiger partial charge in [-0.2, -0.15) is 0 Å². The van der Waals surface area contributed by atoms with Crippen LogP contribution in [0, 0.1) is 0 Å². The molecule has 8 rings (SSSR count). The number of methoxy groups -OCH3 is 2. The van der Waals surface area contributed by atoms with E-state index in [1.54, 1.807) is 40.7 Å². The van der Waals surface area contributed by atoms with Crippen molar-refractivity contribution in [1.29, 1.82) is 0 Å². The van der Waals surface area contributed by atoms with Crippen LogP contribution >= 0.6 is 0 Å². The zero-order valence-corrected chi connectivity index (χ0v) is 36.2. The number of aryl methyl sites for hydroxylation is 2. The Morgan fingerprint density at radius 2 is 1.16 bits per heavy atom. The Labute approximate surface area is 363 Å². The number of esters is 2. The fourth-order valence-electron chi connectivity index (χ4n) is 9.37. The second kappa shape index (κ2) is 18.2. The van der Waals surface area contributed by atoms with Gasteiger partial charge in [0.1, 0.15) is 12.2 Å². The molecule has 4 aromatic rings. The highest BCUT2D eigenvalue weighted by Crippen LogP contribution is 2.47. The van der Waals surface area contributed by atoms with Gasteiger partial charge in [-0.15, -0.1) is 0 Å². The number of hydrogen-bond donors (Lipinski definition) is 1. The molecule has 1 unspecified atom stereocenters. The summed E-state index contributed by atoms with van der Waals surface area (Å²) in [6.07, 6.45) is 6.20. The first-order valence-corrected chi connectivity index (χ1v) is 21.4. The number of fused-ring (bicyclic) bond motifs is 6. The first-order chi connectivity index (χ1) is 30.4. The van der Waals surface area contributed by atoms with E-state index in [1.165, 1.54) is 21.5 Å². The van der Waals surface area contributed by atoms with Gasteiger partial charge >= 0.3 is 23.3 Å². The first-order valence-electron chi connectivity index (χ1n) is 21.4. The van der Waals surface area contributed by atoms with Crippen molar-refractivity contribution < 1.29 is 43.1 Å². The van der Waals surface area contributed by atoms with E-state index in [9.17, 15) is 24.3 Å². The number of hydrogen-bond acceptors (Lipinski definition) is 15. The molecule has 0 saturated heterocycles. The third kappa shape index (κ3) is 8.70. The lowest BCUT2D eigenvalue weighted by Crippen LogP contribution is -2.39. The number of aliphatic imine (C=N–C) groups is 2. The minimum Gasteiger partial charge on any atom is -0.493 e. The molecule has 4 aliphatic rings. The molecule has 1 N–H and O–H groups in total. The van der Waals surface area contributed by atoms with Crippen molar-refractivity contribution >= 4 is 23.4 Å². The summed E-state index contributed by atoms with van der Waals surface area (Å²) >= 11 is 0. The number of aromatic nitrogens is 4. The molecule has 2 saturated carbocycles. The zero-order valence-electron chi connectivity index (χ0n) is 36.2. The highest BCUT2D eigenvalue weighted by Gasteiger charge is 2.42. The molecule has 0 radical (unpaired) electrons.